The number of hydrogen-bond donors (Lipinski definition) is 0. The Labute approximate surface area is 285 Å². The van der Waals surface area contributed by atoms with Crippen LogP contribution < -0.4 is 4.74 Å². The Morgan fingerprint density at radius 3 is 2.44 bits per heavy atom. The lowest BCUT2D eigenvalue weighted by Crippen LogP contribution is -2.19. The van der Waals surface area contributed by atoms with Gasteiger partial charge in [0.25, 0.3) is 0 Å². The smallest absolute Gasteiger partial charge is 0.137 e. The number of hydrogen-bond acceptors (Lipinski definition) is 3. The van der Waals surface area contributed by atoms with Gasteiger partial charge in [0.05, 0.1) is 22.4 Å². The Kier molecular flexibility index (Phi) is 8.72. The number of rotatable bonds is 9. The second-order valence-corrected chi connectivity index (χ2v) is 13.8. The maximum absolute atomic E-state index is 6.75. The molecule has 48 heavy (non-hydrogen) atoms. The van der Waals surface area contributed by atoms with Crippen molar-refractivity contribution in [1.82, 2.24) is 19.3 Å². The summed E-state index contributed by atoms with van der Waals surface area (Å²) in [5, 5.41) is 7.58. The zero-order valence-corrected chi connectivity index (χ0v) is 29.5. The molecule has 0 N–H and O–H groups in total. The normalized spacial score (nSPS) is 16.6. The van der Waals surface area contributed by atoms with E-state index in [1.54, 1.807) is 5.57 Å². The summed E-state index contributed by atoms with van der Waals surface area (Å²) in [5.41, 5.74) is 11.1. The van der Waals surface area contributed by atoms with Gasteiger partial charge in [-0.2, -0.15) is 5.10 Å². The van der Waals surface area contributed by atoms with Crippen molar-refractivity contribution in [1.29, 1.82) is 0 Å². The van der Waals surface area contributed by atoms with Gasteiger partial charge < -0.3 is 4.74 Å². The Hall–Kier alpha value is -4.64. The molecular formula is C43H48N4O. The number of nitrogens with zero attached hydrogens (tertiary/aromatic N) is 4. The Morgan fingerprint density at radius 1 is 0.854 bits per heavy atom. The van der Waals surface area contributed by atoms with Crippen molar-refractivity contribution in [3.63, 3.8) is 0 Å². The number of benzene rings is 3. The Morgan fingerprint density at radius 2 is 1.67 bits per heavy atom. The molecule has 2 atom stereocenters. The molecule has 3 aromatic heterocycles. The van der Waals surface area contributed by atoms with Gasteiger partial charge in [0, 0.05) is 46.3 Å². The van der Waals surface area contributed by atoms with E-state index in [2.05, 4.69) is 137 Å². The van der Waals surface area contributed by atoms with Gasteiger partial charge in [-0.3, -0.25) is 4.57 Å². The van der Waals surface area contributed by atoms with Crippen molar-refractivity contribution in [2.75, 3.05) is 0 Å². The number of pyridine rings is 1. The van der Waals surface area contributed by atoms with E-state index >= 15 is 0 Å². The molecule has 0 saturated heterocycles. The number of ether oxygens (including phenoxy) is 1. The molecule has 1 aliphatic rings. The van der Waals surface area contributed by atoms with E-state index in [1.165, 1.54) is 52.4 Å². The molecule has 0 aliphatic heterocycles. The van der Waals surface area contributed by atoms with Crippen LogP contribution in [0, 0.1) is 19.8 Å². The summed E-state index contributed by atoms with van der Waals surface area (Å²) in [6, 6.07) is 25.9. The van der Waals surface area contributed by atoms with Crippen LogP contribution in [0.2, 0.25) is 0 Å². The molecule has 5 heteroatoms. The van der Waals surface area contributed by atoms with E-state index in [4.69, 9.17) is 14.8 Å². The lowest BCUT2D eigenvalue weighted by Gasteiger charge is -2.32. The molecule has 3 aromatic carbocycles. The lowest BCUT2D eigenvalue weighted by atomic mass is 9.72. The van der Waals surface area contributed by atoms with Crippen molar-refractivity contribution in [2.45, 2.75) is 92.4 Å². The van der Waals surface area contributed by atoms with Crippen LogP contribution in [0.4, 0.5) is 0 Å². The third-order valence-electron chi connectivity index (χ3n) is 10.6. The van der Waals surface area contributed by atoms with Gasteiger partial charge in [0.2, 0.25) is 0 Å². The van der Waals surface area contributed by atoms with Crippen LogP contribution in [0.3, 0.4) is 0 Å². The molecule has 1 unspecified atom stereocenters. The maximum Gasteiger partial charge on any atom is 0.137 e. The molecule has 0 amide bonds. The third kappa shape index (κ3) is 5.63. The highest BCUT2D eigenvalue weighted by Crippen LogP contribution is 2.45. The van der Waals surface area contributed by atoms with Crippen molar-refractivity contribution in [3.05, 3.63) is 119 Å². The van der Waals surface area contributed by atoms with Crippen LogP contribution in [-0.2, 0) is 6.42 Å². The minimum absolute atomic E-state index is 0.336. The molecule has 0 radical (unpaired) electrons. The number of fused-ring (bicyclic) bond motifs is 3. The molecule has 1 aliphatic carbocycles. The van der Waals surface area contributed by atoms with Gasteiger partial charge in [-0.15, -0.1) is 0 Å². The highest BCUT2D eigenvalue weighted by molar-refractivity contribution is 6.09. The molecule has 6 aromatic rings. The molecule has 0 spiro atoms. The van der Waals surface area contributed by atoms with E-state index in [0.717, 1.165) is 52.6 Å². The fourth-order valence-electron chi connectivity index (χ4n) is 7.98. The van der Waals surface area contributed by atoms with Crippen molar-refractivity contribution < 1.29 is 4.74 Å². The highest BCUT2D eigenvalue weighted by atomic mass is 16.5. The van der Waals surface area contributed by atoms with Crippen LogP contribution in [-0.4, -0.2) is 19.3 Å². The van der Waals surface area contributed by atoms with Crippen molar-refractivity contribution >= 4 is 21.8 Å². The standard InChI is InChI=1S/C43H48N4O/c1-8-30-20-21-44-41(22-30)46-39-17-12-11-16-37(39)38-19-18-35(26-40(38)46)48-36-24-33(27(4)5)23-34(25-36)47-29(7)42(28(6)45-47)43-31(9-2)14-13-15-32(43)10-3/h11-12,14,16-27,32,43H,8-10,13,15H2,1-7H3/t32-,43?/m0/s1. The van der Waals surface area contributed by atoms with Gasteiger partial charge >= 0.3 is 0 Å². The van der Waals surface area contributed by atoms with E-state index in [1.807, 2.05) is 6.20 Å². The van der Waals surface area contributed by atoms with Crippen molar-refractivity contribution in [2.24, 2.45) is 5.92 Å². The number of aryl methyl sites for hydroxylation is 2. The zero-order chi connectivity index (χ0) is 33.5. The Bertz CT molecular complexity index is 2150. The average Bonchev–Trinajstić information content (AvgIpc) is 3.59. The molecule has 0 fully saturated rings. The van der Waals surface area contributed by atoms with E-state index in [0.29, 0.717) is 17.8 Å². The molecule has 246 valence electrons. The summed E-state index contributed by atoms with van der Waals surface area (Å²) in [4.78, 5) is 4.80. The highest BCUT2D eigenvalue weighted by Gasteiger charge is 2.32. The summed E-state index contributed by atoms with van der Waals surface area (Å²) in [6.45, 7) is 15.7. The second kappa shape index (κ2) is 13.1. The summed E-state index contributed by atoms with van der Waals surface area (Å²) in [5.74, 6) is 3.97. The molecule has 0 saturated carbocycles. The monoisotopic (exact) mass is 636 g/mol. The first-order valence-corrected chi connectivity index (χ1v) is 17.9. The number of para-hydroxylation sites is 1. The fourth-order valence-corrected chi connectivity index (χ4v) is 7.98. The van der Waals surface area contributed by atoms with Crippen molar-refractivity contribution in [3.8, 4) is 23.0 Å². The Balaban J connectivity index is 1.32. The van der Waals surface area contributed by atoms with Gasteiger partial charge in [-0.05, 0) is 105 Å². The second-order valence-electron chi connectivity index (χ2n) is 13.8. The topological polar surface area (TPSA) is 44.9 Å². The van der Waals surface area contributed by atoms with E-state index in [9.17, 15) is 0 Å². The predicted molar refractivity (Wildman–Crippen MR) is 199 cm³/mol. The van der Waals surface area contributed by atoms with Gasteiger partial charge in [-0.25, -0.2) is 9.67 Å². The van der Waals surface area contributed by atoms with Crippen LogP contribution in [0.15, 0.2) is 90.6 Å². The predicted octanol–water partition coefficient (Wildman–Crippen LogP) is 11.7. The first-order valence-electron chi connectivity index (χ1n) is 17.9. The summed E-state index contributed by atoms with van der Waals surface area (Å²) >= 11 is 0. The lowest BCUT2D eigenvalue weighted by molar-refractivity contribution is 0.393. The first-order chi connectivity index (χ1) is 23.3. The van der Waals surface area contributed by atoms with Crippen LogP contribution in [0.5, 0.6) is 11.5 Å². The van der Waals surface area contributed by atoms with Gasteiger partial charge in [-0.1, -0.05) is 70.9 Å². The van der Waals surface area contributed by atoms with Gasteiger partial charge in [0.1, 0.15) is 17.3 Å². The maximum atomic E-state index is 6.75. The van der Waals surface area contributed by atoms with Crippen LogP contribution >= 0.6 is 0 Å². The molecule has 0 bridgehead atoms. The largest absolute Gasteiger partial charge is 0.457 e. The van der Waals surface area contributed by atoms with E-state index in [-0.39, 0.29) is 0 Å². The number of allylic oxidation sites excluding steroid dienone is 2. The molecule has 5 nitrogen and oxygen atoms in total. The summed E-state index contributed by atoms with van der Waals surface area (Å²) in [6.07, 6.45) is 10.1. The third-order valence-corrected chi connectivity index (χ3v) is 10.6. The minimum atomic E-state index is 0.336. The zero-order valence-electron chi connectivity index (χ0n) is 29.5. The van der Waals surface area contributed by atoms with Crippen LogP contribution in [0.25, 0.3) is 33.3 Å². The molecular weight excluding hydrogens is 589 g/mol. The molecule has 3 heterocycles. The fraction of sp³-hybridized carbons (Fsp3) is 0.349. The van der Waals surface area contributed by atoms with Gasteiger partial charge in [0.15, 0.2) is 0 Å². The quantitative estimate of drug-likeness (QED) is 0.148. The number of aromatic nitrogens is 4. The SMILES string of the molecule is CCC1=CCC[C@H](CC)C1c1c(C)nn(-c2cc(Oc3ccc4c5ccccc5n(-c5cc(CC)ccn5)c4c3)cc(C(C)C)c2)c1C. The summed E-state index contributed by atoms with van der Waals surface area (Å²) < 4.78 is 11.2. The van der Waals surface area contributed by atoms with Crippen LogP contribution in [0.1, 0.15) is 100 Å². The molecule has 7 rings (SSSR count). The first kappa shape index (κ1) is 31.9. The summed E-state index contributed by atoms with van der Waals surface area (Å²) in [7, 11) is 0. The average molecular weight is 637 g/mol. The minimum Gasteiger partial charge on any atom is -0.457 e. The van der Waals surface area contributed by atoms with E-state index < -0.39 is 0 Å².